The van der Waals surface area contributed by atoms with Crippen LogP contribution in [0.15, 0.2) is 76.1 Å². The number of Topliss-reactive ketones (excluding diaryl/α,β-unsaturated/α-hetero) is 1. The second-order valence-corrected chi connectivity index (χ2v) is 9.97. The molecule has 3 aromatic carbocycles. The third-order valence-electron chi connectivity index (χ3n) is 4.77. The average molecular weight is 561 g/mol. The number of hydrogen-bond donors (Lipinski definition) is 3. The Labute approximate surface area is 216 Å². The van der Waals surface area contributed by atoms with Crippen LogP contribution in [-0.4, -0.2) is 22.1 Å². The van der Waals surface area contributed by atoms with Crippen LogP contribution in [0.25, 0.3) is 0 Å². The maximum absolute atomic E-state index is 14.1. The van der Waals surface area contributed by atoms with Gasteiger partial charge >= 0.3 is 0 Å². The number of thioether (sulfide) groups is 1. The lowest BCUT2D eigenvalue weighted by Gasteiger charge is -2.16. The van der Waals surface area contributed by atoms with Crippen molar-refractivity contribution in [3.8, 4) is 0 Å². The lowest BCUT2D eigenvalue weighted by Crippen LogP contribution is -2.25. The predicted molar refractivity (Wildman–Crippen MR) is 145 cm³/mol. The molecule has 3 N–H and O–H groups in total. The van der Waals surface area contributed by atoms with Gasteiger partial charge in [-0.15, -0.1) is 11.8 Å². The fourth-order valence-electron chi connectivity index (χ4n) is 3.02. The first-order valence-electron chi connectivity index (χ1n) is 10.5. The molecule has 0 aliphatic heterocycles. The van der Waals surface area contributed by atoms with Crippen molar-refractivity contribution in [2.24, 2.45) is 0 Å². The Morgan fingerprint density at radius 1 is 1.00 bits per heavy atom. The molecule has 34 heavy (non-hydrogen) atoms. The van der Waals surface area contributed by atoms with E-state index in [9.17, 15) is 14.0 Å². The van der Waals surface area contributed by atoms with Gasteiger partial charge in [-0.2, -0.15) is 0 Å². The molecule has 0 heterocycles. The van der Waals surface area contributed by atoms with Gasteiger partial charge < -0.3 is 16.0 Å². The second kappa shape index (κ2) is 12.1. The highest BCUT2D eigenvalue weighted by atomic mass is 79.9. The van der Waals surface area contributed by atoms with E-state index in [4.69, 9.17) is 12.2 Å². The summed E-state index contributed by atoms with van der Waals surface area (Å²) in [6, 6.07) is 19.1. The summed E-state index contributed by atoms with van der Waals surface area (Å²) in [6.07, 6.45) is 0.572. The number of carbonyl (C=O) groups is 2. The Morgan fingerprint density at radius 3 is 2.35 bits per heavy atom. The molecule has 5 nitrogen and oxygen atoms in total. The second-order valence-electron chi connectivity index (χ2n) is 7.37. The maximum atomic E-state index is 14.1. The van der Waals surface area contributed by atoms with E-state index >= 15 is 0 Å². The van der Waals surface area contributed by atoms with E-state index in [1.807, 2.05) is 31.2 Å². The number of thiocarbonyl (C=S) groups is 1. The number of carbonyl (C=O) groups excluding carboxylic acids is 2. The zero-order valence-electron chi connectivity index (χ0n) is 18.5. The number of hydrogen-bond acceptors (Lipinski definition) is 4. The van der Waals surface area contributed by atoms with Gasteiger partial charge in [0.1, 0.15) is 5.82 Å². The molecule has 0 radical (unpaired) electrons. The van der Waals surface area contributed by atoms with Crippen LogP contribution >= 0.6 is 39.9 Å². The van der Waals surface area contributed by atoms with Crippen LogP contribution in [0.2, 0.25) is 0 Å². The molecule has 3 aromatic rings. The number of amides is 1. The van der Waals surface area contributed by atoms with Crippen molar-refractivity contribution >= 4 is 73.8 Å². The average Bonchev–Trinajstić information content (AvgIpc) is 2.79. The van der Waals surface area contributed by atoms with Gasteiger partial charge in [0.2, 0.25) is 5.91 Å². The zero-order valence-corrected chi connectivity index (χ0v) is 21.7. The van der Waals surface area contributed by atoms with Crippen LogP contribution in [0.1, 0.15) is 30.6 Å². The van der Waals surface area contributed by atoms with Gasteiger partial charge in [0, 0.05) is 26.3 Å². The number of halogens is 2. The van der Waals surface area contributed by atoms with Crippen LogP contribution in [0.4, 0.5) is 21.5 Å². The normalized spacial score (nSPS) is 11.4. The zero-order chi connectivity index (χ0) is 24.7. The van der Waals surface area contributed by atoms with Gasteiger partial charge in [-0.25, -0.2) is 4.39 Å². The van der Waals surface area contributed by atoms with Crippen molar-refractivity contribution in [2.75, 3.05) is 16.0 Å². The van der Waals surface area contributed by atoms with Crippen LogP contribution in [0.5, 0.6) is 0 Å². The Balaban J connectivity index is 1.61. The summed E-state index contributed by atoms with van der Waals surface area (Å²) in [5.41, 5.74) is 2.30. The number of rotatable bonds is 8. The molecule has 0 spiro atoms. The molecule has 1 unspecified atom stereocenters. The van der Waals surface area contributed by atoms with Crippen molar-refractivity contribution in [3.63, 3.8) is 0 Å². The fourth-order valence-corrected chi connectivity index (χ4v) is 4.60. The molecule has 0 fully saturated rings. The standard InChI is InChI=1S/C25H23BrFN3O2S2/c1-3-23(24(32)30-22-12-9-17(26)13-21(22)27)34-20-6-4-5-19(14-20)29-25(33)28-18-10-7-16(8-11-18)15(2)31/h4-14,23H,3H2,1-2H3,(H,30,32)(H2,28,29,33). The largest absolute Gasteiger partial charge is 0.332 e. The minimum atomic E-state index is -0.495. The predicted octanol–water partition coefficient (Wildman–Crippen LogP) is 7.11. The van der Waals surface area contributed by atoms with Crippen molar-refractivity contribution in [1.29, 1.82) is 0 Å². The monoisotopic (exact) mass is 559 g/mol. The van der Waals surface area contributed by atoms with Gasteiger partial charge in [-0.3, -0.25) is 9.59 Å². The summed E-state index contributed by atoms with van der Waals surface area (Å²) in [5, 5.41) is 8.88. The van der Waals surface area contributed by atoms with Gasteiger partial charge in [-0.05, 0) is 86.2 Å². The third kappa shape index (κ3) is 7.38. The molecule has 1 amide bonds. The first-order chi connectivity index (χ1) is 16.2. The summed E-state index contributed by atoms with van der Waals surface area (Å²) in [6.45, 7) is 3.43. The minimum Gasteiger partial charge on any atom is -0.332 e. The highest BCUT2D eigenvalue weighted by Crippen LogP contribution is 2.29. The van der Waals surface area contributed by atoms with Gasteiger partial charge in [0.15, 0.2) is 10.9 Å². The van der Waals surface area contributed by atoms with E-state index in [0.717, 1.165) is 16.3 Å². The molecule has 0 aliphatic rings. The smallest absolute Gasteiger partial charge is 0.237 e. The molecule has 0 saturated heterocycles. The van der Waals surface area contributed by atoms with Crippen LogP contribution in [-0.2, 0) is 4.79 Å². The molecular weight excluding hydrogens is 537 g/mol. The molecule has 0 aromatic heterocycles. The summed E-state index contributed by atoms with van der Waals surface area (Å²) in [4.78, 5) is 25.0. The van der Waals surface area contributed by atoms with Crippen molar-refractivity contribution in [2.45, 2.75) is 30.4 Å². The van der Waals surface area contributed by atoms with Crippen LogP contribution in [0.3, 0.4) is 0 Å². The summed E-state index contributed by atoms with van der Waals surface area (Å²) in [5.74, 6) is -0.758. The van der Waals surface area contributed by atoms with E-state index in [1.165, 1.54) is 30.8 Å². The summed E-state index contributed by atoms with van der Waals surface area (Å²) >= 11 is 10.00. The van der Waals surface area contributed by atoms with E-state index in [-0.39, 0.29) is 17.4 Å². The van der Waals surface area contributed by atoms with Crippen molar-refractivity contribution in [1.82, 2.24) is 0 Å². The highest BCUT2D eigenvalue weighted by molar-refractivity contribution is 9.10. The van der Waals surface area contributed by atoms with Gasteiger partial charge in [-0.1, -0.05) is 28.9 Å². The molecule has 0 aliphatic carbocycles. The minimum absolute atomic E-state index is 0.00241. The molecule has 0 bridgehead atoms. The molecule has 1 atom stereocenters. The highest BCUT2D eigenvalue weighted by Gasteiger charge is 2.19. The van der Waals surface area contributed by atoms with E-state index in [1.54, 1.807) is 30.3 Å². The lowest BCUT2D eigenvalue weighted by molar-refractivity contribution is -0.115. The Bertz CT molecular complexity index is 1210. The topological polar surface area (TPSA) is 70.2 Å². The van der Waals surface area contributed by atoms with Crippen LogP contribution < -0.4 is 16.0 Å². The summed E-state index contributed by atoms with van der Waals surface area (Å²) in [7, 11) is 0. The van der Waals surface area contributed by atoms with E-state index in [2.05, 4.69) is 31.9 Å². The lowest BCUT2D eigenvalue weighted by atomic mass is 10.1. The quantitative estimate of drug-likeness (QED) is 0.155. The van der Waals surface area contributed by atoms with Crippen molar-refractivity contribution < 1.29 is 14.0 Å². The third-order valence-corrected chi connectivity index (χ3v) is 6.83. The first kappa shape index (κ1) is 25.9. The van der Waals surface area contributed by atoms with Crippen LogP contribution in [0, 0.1) is 5.82 Å². The Hall–Kier alpha value is -2.75. The fraction of sp³-hybridized carbons (Fsp3) is 0.160. The molecule has 0 saturated carbocycles. The van der Waals surface area contributed by atoms with E-state index in [0.29, 0.717) is 21.6 Å². The SMILES string of the molecule is CCC(Sc1cccc(NC(=S)Nc2ccc(C(C)=O)cc2)c1)C(=O)Nc1ccc(Br)cc1F. The maximum Gasteiger partial charge on any atom is 0.237 e. The number of benzene rings is 3. The summed E-state index contributed by atoms with van der Waals surface area (Å²) < 4.78 is 14.7. The van der Waals surface area contributed by atoms with Crippen molar-refractivity contribution in [3.05, 3.63) is 82.6 Å². The number of ketones is 1. The van der Waals surface area contributed by atoms with E-state index < -0.39 is 11.1 Å². The Kier molecular flexibility index (Phi) is 9.20. The number of anilines is 3. The first-order valence-corrected chi connectivity index (χ1v) is 12.5. The number of nitrogens with one attached hydrogen (secondary N) is 3. The molecule has 176 valence electrons. The molecule has 9 heteroatoms. The van der Waals surface area contributed by atoms with Gasteiger partial charge in [0.25, 0.3) is 0 Å². The van der Waals surface area contributed by atoms with Gasteiger partial charge in [0.05, 0.1) is 10.9 Å². The molecule has 3 rings (SSSR count). The Morgan fingerprint density at radius 2 is 1.71 bits per heavy atom. The molecular formula is C25H23BrFN3O2S2.